The topological polar surface area (TPSA) is 91.1 Å². The van der Waals surface area contributed by atoms with Crippen LogP contribution < -0.4 is 10.0 Å². The van der Waals surface area contributed by atoms with E-state index in [2.05, 4.69) is 27.2 Å². The molecule has 4 rings (SSSR count). The Labute approximate surface area is 158 Å². The molecule has 3 aromatic rings. The first-order chi connectivity index (χ1) is 12.8. The van der Waals surface area contributed by atoms with Crippen molar-refractivity contribution in [3.8, 4) is 0 Å². The summed E-state index contributed by atoms with van der Waals surface area (Å²) in [6.45, 7) is 4.35. The average Bonchev–Trinajstić information content (AvgIpc) is 3.13. The summed E-state index contributed by atoms with van der Waals surface area (Å²) in [6.07, 6.45) is 0.812. The summed E-state index contributed by atoms with van der Waals surface area (Å²) in [4.78, 5) is 15.0. The molecule has 0 aliphatic carbocycles. The molecule has 1 amide bonds. The third kappa shape index (κ3) is 3.36. The molecule has 2 heterocycles. The van der Waals surface area contributed by atoms with Gasteiger partial charge in [-0.05, 0) is 61.7 Å². The van der Waals surface area contributed by atoms with Gasteiger partial charge in [0.25, 0.3) is 0 Å². The van der Waals surface area contributed by atoms with E-state index in [1.54, 1.807) is 12.1 Å². The number of anilines is 1. The molecule has 6 nitrogen and oxygen atoms in total. The summed E-state index contributed by atoms with van der Waals surface area (Å²) in [5, 5.41) is 3.84. The summed E-state index contributed by atoms with van der Waals surface area (Å²) in [5.74, 6) is -0.113. The number of rotatable bonds is 5. The molecule has 0 fully saturated rings. The smallest absolute Gasteiger partial charge is 0.240 e. The fourth-order valence-corrected chi connectivity index (χ4v) is 4.67. The van der Waals surface area contributed by atoms with Crippen LogP contribution in [0.3, 0.4) is 0 Å². The first-order valence-electron chi connectivity index (χ1n) is 8.84. The first kappa shape index (κ1) is 17.8. The molecule has 140 valence electrons. The maximum Gasteiger partial charge on any atom is 0.240 e. The summed E-state index contributed by atoms with van der Waals surface area (Å²) < 4.78 is 27.9. The van der Waals surface area contributed by atoms with Crippen molar-refractivity contribution >= 4 is 32.5 Å². The zero-order chi connectivity index (χ0) is 19.2. The van der Waals surface area contributed by atoms with Crippen LogP contribution >= 0.6 is 0 Å². The predicted octanol–water partition coefficient (Wildman–Crippen LogP) is 2.80. The molecule has 3 N–H and O–H groups in total. The van der Waals surface area contributed by atoms with E-state index in [4.69, 9.17) is 0 Å². The molecular weight excluding hydrogens is 362 g/mol. The normalized spacial score (nSPS) is 13.8. The minimum Gasteiger partial charge on any atom is -0.358 e. The number of sulfonamides is 1. The highest BCUT2D eigenvalue weighted by atomic mass is 32.2. The van der Waals surface area contributed by atoms with Crippen LogP contribution in [0.2, 0.25) is 0 Å². The third-order valence-corrected chi connectivity index (χ3v) is 6.41. The Morgan fingerprint density at radius 1 is 1.11 bits per heavy atom. The number of aromatic amines is 1. The molecule has 1 aliphatic rings. The van der Waals surface area contributed by atoms with Gasteiger partial charge >= 0.3 is 0 Å². The molecule has 1 aromatic heterocycles. The van der Waals surface area contributed by atoms with Crippen molar-refractivity contribution in [1.82, 2.24) is 9.71 Å². The van der Waals surface area contributed by atoms with Crippen LogP contribution in [0.1, 0.15) is 22.4 Å². The van der Waals surface area contributed by atoms with E-state index in [-0.39, 0.29) is 17.2 Å². The van der Waals surface area contributed by atoms with E-state index in [0.717, 1.165) is 22.2 Å². The molecule has 0 atom stereocenters. The molecule has 0 bridgehead atoms. The zero-order valence-electron chi connectivity index (χ0n) is 15.2. The van der Waals surface area contributed by atoms with Gasteiger partial charge in [-0.25, -0.2) is 13.1 Å². The highest BCUT2D eigenvalue weighted by molar-refractivity contribution is 7.89. The van der Waals surface area contributed by atoms with Gasteiger partial charge in [0.1, 0.15) is 0 Å². The minimum absolute atomic E-state index is 0.113. The summed E-state index contributed by atoms with van der Waals surface area (Å²) in [5.41, 5.74) is 5.81. The molecule has 27 heavy (non-hydrogen) atoms. The Kier molecular flexibility index (Phi) is 4.28. The van der Waals surface area contributed by atoms with E-state index in [0.29, 0.717) is 24.2 Å². The third-order valence-electron chi connectivity index (χ3n) is 4.95. The summed E-state index contributed by atoms with van der Waals surface area (Å²) in [7, 11) is -3.63. The molecule has 1 aliphatic heterocycles. The highest BCUT2D eigenvalue weighted by Gasteiger charge is 2.21. The first-order valence-corrected chi connectivity index (χ1v) is 10.3. The maximum absolute atomic E-state index is 12.6. The number of fused-ring (bicyclic) bond motifs is 2. The van der Waals surface area contributed by atoms with Gasteiger partial charge < -0.3 is 10.3 Å². The van der Waals surface area contributed by atoms with Crippen molar-refractivity contribution in [2.75, 3.05) is 11.9 Å². The Bertz CT molecular complexity index is 1160. The number of aryl methyl sites for hydroxylation is 2. The molecule has 0 radical (unpaired) electrons. The van der Waals surface area contributed by atoms with Crippen molar-refractivity contribution < 1.29 is 13.2 Å². The van der Waals surface area contributed by atoms with Crippen LogP contribution in [0.4, 0.5) is 5.69 Å². The molecule has 0 saturated carbocycles. The number of hydrogen-bond acceptors (Lipinski definition) is 3. The van der Waals surface area contributed by atoms with Crippen LogP contribution in [0.25, 0.3) is 10.9 Å². The molecular formula is C20H21N3O3S. The zero-order valence-corrected chi connectivity index (χ0v) is 16.0. The van der Waals surface area contributed by atoms with Gasteiger partial charge in [0, 0.05) is 28.8 Å². The Morgan fingerprint density at radius 2 is 1.93 bits per heavy atom. The predicted molar refractivity (Wildman–Crippen MR) is 105 cm³/mol. The quantitative estimate of drug-likeness (QED) is 0.633. The molecule has 0 spiro atoms. The van der Waals surface area contributed by atoms with Crippen LogP contribution in [0.5, 0.6) is 0 Å². The number of carbonyl (C=O) groups is 1. The van der Waals surface area contributed by atoms with E-state index < -0.39 is 10.0 Å². The van der Waals surface area contributed by atoms with E-state index in [1.807, 2.05) is 19.9 Å². The lowest BCUT2D eigenvalue weighted by Crippen LogP contribution is -2.26. The van der Waals surface area contributed by atoms with Crippen molar-refractivity contribution in [3.63, 3.8) is 0 Å². The van der Waals surface area contributed by atoms with Crippen molar-refractivity contribution in [1.29, 1.82) is 0 Å². The van der Waals surface area contributed by atoms with Gasteiger partial charge in [-0.2, -0.15) is 0 Å². The number of aromatic nitrogens is 1. The van der Waals surface area contributed by atoms with Gasteiger partial charge in [0.05, 0.1) is 11.3 Å². The number of amides is 1. The van der Waals surface area contributed by atoms with Crippen LogP contribution in [-0.4, -0.2) is 25.9 Å². The van der Waals surface area contributed by atoms with Crippen molar-refractivity contribution in [2.24, 2.45) is 0 Å². The second-order valence-electron chi connectivity index (χ2n) is 6.97. The Hall–Kier alpha value is -2.64. The second kappa shape index (κ2) is 6.51. The lowest BCUT2D eigenvalue weighted by atomic mass is 10.1. The largest absolute Gasteiger partial charge is 0.358 e. The van der Waals surface area contributed by atoms with Crippen LogP contribution in [-0.2, 0) is 27.7 Å². The minimum atomic E-state index is -3.63. The van der Waals surface area contributed by atoms with Gasteiger partial charge in [-0.1, -0.05) is 11.6 Å². The van der Waals surface area contributed by atoms with E-state index in [9.17, 15) is 13.2 Å². The molecule has 0 saturated heterocycles. The number of hydrogen-bond donors (Lipinski definition) is 3. The monoisotopic (exact) mass is 383 g/mol. The Morgan fingerprint density at radius 3 is 2.74 bits per heavy atom. The Balaban J connectivity index is 1.51. The summed E-state index contributed by atoms with van der Waals surface area (Å²) in [6, 6.07) is 10.9. The van der Waals surface area contributed by atoms with Gasteiger partial charge in [-0.3, -0.25) is 4.79 Å². The lowest BCUT2D eigenvalue weighted by Gasteiger charge is -2.09. The molecule has 0 unspecified atom stereocenters. The second-order valence-corrected chi connectivity index (χ2v) is 8.74. The van der Waals surface area contributed by atoms with Gasteiger partial charge in [0.2, 0.25) is 15.9 Å². The fraction of sp³-hybridized carbons (Fsp3) is 0.250. The van der Waals surface area contributed by atoms with E-state index in [1.165, 1.54) is 11.6 Å². The standard InChI is InChI=1S/C20H21N3O3S/c1-12-3-5-19-17(9-12)16(13(2)22-19)7-8-21-27(25,26)15-4-6-18-14(10-15)11-20(24)23-18/h3-6,9-10,21-22H,7-8,11H2,1-2H3,(H,23,24). The maximum atomic E-state index is 12.6. The van der Waals surface area contributed by atoms with E-state index >= 15 is 0 Å². The van der Waals surface area contributed by atoms with Gasteiger partial charge in [0.15, 0.2) is 0 Å². The number of H-pyrrole nitrogens is 1. The fourth-order valence-electron chi connectivity index (χ4n) is 3.58. The number of benzene rings is 2. The molecule has 2 aromatic carbocycles. The average molecular weight is 383 g/mol. The van der Waals surface area contributed by atoms with Gasteiger partial charge in [-0.15, -0.1) is 0 Å². The highest BCUT2D eigenvalue weighted by Crippen LogP contribution is 2.26. The van der Waals surface area contributed by atoms with Crippen LogP contribution in [0.15, 0.2) is 41.3 Å². The van der Waals surface area contributed by atoms with Crippen LogP contribution in [0, 0.1) is 13.8 Å². The van der Waals surface area contributed by atoms with Crippen molar-refractivity contribution in [2.45, 2.75) is 31.6 Å². The number of nitrogens with one attached hydrogen (secondary N) is 3. The summed E-state index contributed by atoms with van der Waals surface area (Å²) >= 11 is 0. The molecule has 7 heteroatoms. The SMILES string of the molecule is Cc1ccc2[nH]c(C)c(CCNS(=O)(=O)c3ccc4c(c3)CC(=O)N4)c2c1. The lowest BCUT2D eigenvalue weighted by molar-refractivity contribution is -0.115. The van der Waals surface area contributed by atoms with Crippen molar-refractivity contribution in [3.05, 3.63) is 58.8 Å². The number of carbonyl (C=O) groups excluding carboxylic acids is 1.